The van der Waals surface area contributed by atoms with E-state index in [2.05, 4.69) is 24.4 Å². The highest BCUT2D eigenvalue weighted by Gasteiger charge is 2.14. The van der Waals surface area contributed by atoms with E-state index in [1.165, 1.54) is 12.1 Å². The van der Waals surface area contributed by atoms with Crippen molar-refractivity contribution in [1.82, 2.24) is 9.38 Å². The molecule has 5 heteroatoms. The average Bonchev–Trinajstić information content (AvgIpc) is 3.24. The third-order valence-electron chi connectivity index (χ3n) is 5.12. The standard InChI is InChI=1S/C25H17N3O2/c29-28(30)22-13-11-19(12-14-22)23-15-21(18-7-3-1-4-8-18)16-27-17-24(26-25(23)27)20-9-5-2-6-10-20/h1-17H. The van der Waals surface area contributed by atoms with Crippen molar-refractivity contribution in [3.05, 3.63) is 114 Å². The van der Waals surface area contributed by atoms with Crippen LogP contribution in [0.25, 0.3) is 39.2 Å². The van der Waals surface area contributed by atoms with Crippen molar-refractivity contribution in [2.24, 2.45) is 0 Å². The number of nitro groups is 1. The van der Waals surface area contributed by atoms with Gasteiger partial charge in [-0.25, -0.2) is 4.98 Å². The van der Waals surface area contributed by atoms with E-state index >= 15 is 0 Å². The van der Waals surface area contributed by atoms with E-state index in [4.69, 9.17) is 4.98 Å². The van der Waals surface area contributed by atoms with Crippen LogP contribution in [0.1, 0.15) is 0 Å². The van der Waals surface area contributed by atoms with Crippen molar-refractivity contribution in [3.8, 4) is 33.5 Å². The van der Waals surface area contributed by atoms with E-state index < -0.39 is 0 Å². The zero-order chi connectivity index (χ0) is 20.5. The van der Waals surface area contributed by atoms with E-state index in [1.54, 1.807) is 12.1 Å². The minimum Gasteiger partial charge on any atom is -0.305 e. The van der Waals surface area contributed by atoms with Gasteiger partial charge in [0.1, 0.15) is 5.65 Å². The summed E-state index contributed by atoms with van der Waals surface area (Å²) < 4.78 is 2.03. The normalized spacial score (nSPS) is 10.9. The summed E-state index contributed by atoms with van der Waals surface area (Å²) in [6.07, 6.45) is 4.09. The second kappa shape index (κ2) is 7.29. The highest BCUT2D eigenvalue weighted by Crippen LogP contribution is 2.32. The minimum absolute atomic E-state index is 0.0716. The average molecular weight is 391 g/mol. The van der Waals surface area contributed by atoms with E-state index in [0.717, 1.165) is 39.2 Å². The molecule has 0 aliphatic carbocycles. The first-order valence-corrected chi connectivity index (χ1v) is 9.57. The van der Waals surface area contributed by atoms with Gasteiger partial charge in [0, 0.05) is 35.7 Å². The molecule has 0 amide bonds. The van der Waals surface area contributed by atoms with Crippen LogP contribution in [0.4, 0.5) is 5.69 Å². The van der Waals surface area contributed by atoms with Crippen LogP contribution < -0.4 is 0 Å². The molecule has 30 heavy (non-hydrogen) atoms. The van der Waals surface area contributed by atoms with Crippen LogP contribution in [0.3, 0.4) is 0 Å². The molecule has 5 nitrogen and oxygen atoms in total. The molecule has 0 spiro atoms. The molecule has 0 fully saturated rings. The lowest BCUT2D eigenvalue weighted by Crippen LogP contribution is -1.92. The molecule has 144 valence electrons. The lowest BCUT2D eigenvalue weighted by Gasteiger charge is -2.09. The lowest BCUT2D eigenvalue weighted by molar-refractivity contribution is -0.384. The third kappa shape index (κ3) is 3.22. The lowest BCUT2D eigenvalue weighted by atomic mass is 10.0. The second-order valence-corrected chi connectivity index (χ2v) is 7.04. The molecule has 0 aliphatic heterocycles. The highest BCUT2D eigenvalue weighted by atomic mass is 16.6. The number of aromatic nitrogens is 2. The van der Waals surface area contributed by atoms with E-state index in [9.17, 15) is 10.1 Å². The quantitative estimate of drug-likeness (QED) is 0.269. The number of benzene rings is 3. The SMILES string of the molecule is O=[N+]([O-])c1ccc(-c2cc(-c3ccccc3)cn3cc(-c4ccccc4)nc23)cc1. The zero-order valence-corrected chi connectivity index (χ0v) is 16.0. The Morgan fingerprint density at radius 2 is 1.33 bits per heavy atom. The first-order valence-electron chi connectivity index (χ1n) is 9.57. The number of hydrogen-bond donors (Lipinski definition) is 0. The van der Waals surface area contributed by atoms with Crippen LogP contribution in [0.5, 0.6) is 0 Å². The predicted octanol–water partition coefficient (Wildman–Crippen LogP) is 6.24. The maximum atomic E-state index is 11.0. The zero-order valence-electron chi connectivity index (χ0n) is 16.0. The number of non-ortho nitro benzene ring substituents is 1. The molecule has 0 saturated heterocycles. The fourth-order valence-electron chi connectivity index (χ4n) is 3.61. The summed E-state index contributed by atoms with van der Waals surface area (Å²) in [6, 6.07) is 28.9. The molecule has 0 atom stereocenters. The van der Waals surface area contributed by atoms with Gasteiger partial charge in [-0.2, -0.15) is 0 Å². The monoisotopic (exact) mass is 391 g/mol. The summed E-state index contributed by atoms with van der Waals surface area (Å²) in [5.41, 5.74) is 6.75. The Hall–Kier alpha value is -4.25. The molecule has 2 aromatic heterocycles. The fourth-order valence-corrected chi connectivity index (χ4v) is 3.61. The van der Waals surface area contributed by atoms with Gasteiger partial charge in [-0.1, -0.05) is 60.7 Å². The summed E-state index contributed by atoms with van der Waals surface area (Å²) in [7, 11) is 0. The molecule has 0 N–H and O–H groups in total. The number of hydrogen-bond acceptors (Lipinski definition) is 3. The number of fused-ring (bicyclic) bond motifs is 1. The van der Waals surface area contributed by atoms with Gasteiger partial charge in [-0.3, -0.25) is 10.1 Å². The van der Waals surface area contributed by atoms with Crippen LogP contribution in [-0.2, 0) is 0 Å². The smallest absolute Gasteiger partial charge is 0.269 e. The molecule has 0 radical (unpaired) electrons. The first-order chi connectivity index (χ1) is 14.7. The Labute approximate surface area is 173 Å². The van der Waals surface area contributed by atoms with Gasteiger partial charge in [0.25, 0.3) is 5.69 Å². The van der Waals surface area contributed by atoms with Crippen LogP contribution in [0.2, 0.25) is 0 Å². The Kier molecular flexibility index (Phi) is 4.33. The number of pyridine rings is 1. The number of nitro benzene ring substituents is 1. The Bertz CT molecular complexity index is 1340. The maximum Gasteiger partial charge on any atom is 0.269 e. The predicted molar refractivity (Wildman–Crippen MR) is 118 cm³/mol. The topological polar surface area (TPSA) is 60.4 Å². The van der Waals surface area contributed by atoms with Crippen LogP contribution in [0, 0.1) is 10.1 Å². The summed E-state index contributed by atoms with van der Waals surface area (Å²) in [5, 5.41) is 11.0. The first kappa shape index (κ1) is 17.8. The molecular weight excluding hydrogens is 374 g/mol. The summed E-state index contributed by atoms with van der Waals surface area (Å²) in [5.74, 6) is 0. The molecule has 0 bridgehead atoms. The number of imidazole rings is 1. The van der Waals surface area contributed by atoms with Crippen molar-refractivity contribution in [2.75, 3.05) is 0 Å². The van der Waals surface area contributed by atoms with Gasteiger partial charge < -0.3 is 4.40 Å². The summed E-state index contributed by atoms with van der Waals surface area (Å²) in [6.45, 7) is 0. The van der Waals surface area contributed by atoms with Crippen molar-refractivity contribution >= 4 is 11.3 Å². The minimum atomic E-state index is -0.386. The van der Waals surface area contributed by atoms with Gasteiger partial charge in [0.15, 0.2) is 0 Å². The molecule has 2 heterocycles. The fraction of sp³-hybridized carbons (Fsp3) is 0. The largest absolute Gasteiger partial charge is 0.305 e. The third-order valence-corrected chi connectivity index (χ3v) is 5.12. The molecule has 0 unspecified atom stereocenters. The van der Waals surface area contributed by atoms with Gasteiger partial charge in [0.05, 0.1) is 10.6 Å². The molecular formula is C25H17N3O2. The summed E-state index contributed by atoms with van der Waals surface area (Å²) in [4.78, 5) is 15.5. The Morgan fingerprint density at radius 1 is 0.700 bits per heavy atom. The van der Waals surface area contributed by atoms with E-state index in [1.807, 2.05) is 59.1 Å². The van der Waals surface area contributed by atoms with Crippen molar-refractivity contribution in [3.63, 3.8) is 0 Å². The molecule has 5 rings (SSSR count). The summed E-state index contributed by atoms with van der Waals surface area (Å²) >= 11 is 0. The van der Waals surface area contributed by atoms with Gasteiger partial charge >= 0.3 is 0 Å². The number of rotatable bonds is 4. The van der Waals surface area contributed by atoms with Gasteiger partial charge in [0.2, 0.25) is 0 Å². The Balaban J connectivity index is 1.73. The molecule has 3 aromatic carbocycles. The second-order valence-electron chi connectivity index (χ2n) is 7.04. The molecule has 5 aromatic rings. The van der Waals surface area contributed by atoms with Crippen molar-refractivity contribution in [2.45, 2.75) is 0 Å². The maximum absolute atomic E-state index is 11.0. The van der Waals surface area contributed by atoms with E-state index in [-0.39, 0.29) is 10.6 Å². The van der Waals surface area contributed by atoms with Gasteiger partial charge in [-0.05, 0) is 34.9 Å². The van der Waals surface area contributed by atoms with Crippen molar-refractivity contribution in [1.29, 1.82) is 0 Å². The molecule has 0 saturated carbocycles. The van der Waals surface area contributed by atoms with E-state index in [0.29, 0.717) is 0 Å². The Morgan fingerprint density at radius 3 is 1.97 bits per heavy atom. The highest BCUT2D eigenvalue weighted by molar-refractivity contribution is 5.84. The van der Waals surface area contributed by atoms with Crippen LogP contribution >= 0.6 is 0 Å². The van der Waals surface area contributed by atoms with Gasteiger partial charge in [-0.15, -0.1) is 0 Å². The molecule has 0 aliphatic rings. The van der Waals surface area contributed by atoms with Crippen LogP contribution in [0.15, 0.2) is 103 Å². The van der Waals surface area contributed by atoms with Crippen LogP contribution in [-0.4, -0.2) is 14.3 Å². The number of nitrogens with zero attached hydrogens (tertiary/aromatic N) is 3. The van der Waals surface area contributed by atoms with Crippen molar-refractivity contribution < 1.29 is 4.92 Å².